The molecule has 0 radical (unpaired) electrons. The molecule has 1 aliphatic rings. The zero-order chi connectivity index (χ0) is 12.9. The molecule has 2 heterocycles. The first-order chi connectivity index (χ1) is 9.42. The smallest absolute Gasteiger partial charge is 0.0273 e. The molecule has 1 aromatic carbocycles. The van der Waals surface area contributed by atoms with E-state index in [2.05, 4.69) is 46.3 Å². The van der Waals surface area contributed by atoms with Gasteiger partial charge in [0.25, 0.3) is 0 Å². The van der Waals surface area contributed by atoms with Crippen molar-refractivity contribution in [1.82, 2.24) is 9.88 Å². The predicted molar refractivity (Wildman–Crippen MR) is 78.8 cm³/mol. The number of benzene rings is 1. The van der Waals surface area contributed by atoms with E-state index in [9.17, 15) is 0 Å². The van der Waals surface area contributed by atoms with Crippen molar-refractivity contribution in [2.75, 3.05) is 13.1 Å². The van der Waals surface area contributed by atoms with E-state index < -0.39 is 0 Å². The van der Waals surface area contributed by atoms with Crippen LogP contribution in [0.3, 0.4) is 0 Å². The molecule has 1 aromatic heterocycles. The number of likely N-dealkylation sites (tertiary alicyclic amines) is 1. The zero-order valence-electron chi connectivity index (χ0n) is 11.3. The fourth-order valence-electron chi connectivity index (χ4n) is 2.72. The van der Waals surface area contributed by atoms with Gasteiger partial charge in [-0.3, -0.25) is 9.88 Å². The second kappa shape index (κ2) is 5.98. The third-order valence-electron chi connectivity index (χ3n) is 3.82. The minimum atomic E-state index is 1.09. The van der Waals surface area contributed by atoms with Crippen molar-refractivity contribution in [2.24, 2.45) is 0 Å². The van der Waals surface area contributed by atoms with Crippen LogP contribution in [0.4, 0.5) is 0 Å². The molecule has 1 saturated heterocycles. The Balaban J connectivity index is 1.68. The Morgan fingerprint density at radius 3 is 2.11 bits per heavy atom. The summed E-state index contributed by atoms with van der Waals surface area (Å²) in [5.41, 5.74) is 3.92. The van der Waals surface area contributed by atoms with Crippen LogP contribution >= 0.6 is 0 Å². The van der Waals surface area contributed by atoms with Crippen LogP contribution in [0.5, 0.6) is 0 Å². The Kier molecular flexibility index (Phi) is 3.89. The molecule has 19 heavy (non-hydrogen) atoms. The Morgan fingerprint density at radius 2 is 1.42 bits per heavy atom. The summed E-state index contributed by atoms with van der Waals surface area (Å²) in [5.74, 6) is 0. The predicted octanol–water partition coefficient (Wildman–Crippen LogP) is 3.73. The van der Waals surface area contributed by atoms with E-state index in [0.717, 1.165) is 6.54 Å². The average Bonchev–Trinajstić information content (AvgIpc) is 2.50. The van der Waals surface area contributed by atoms with Gasteiger partial charge in [-0.1, -0.05) is 30.7 Å². The number of piperidine rings is 1. The molecule has 0 amide bonds. The summed E-state index contributed by atoms with van der Waals surface area (Å²) in [6, 6.07) is 13.1. The first-order valence-electron chi connectivity index (χ1n) is 7.13. The van der Waals surface area contributed by atoms with Crippen LogP contribution in [-0.4, -0.2) is 23.0 Å². The van der Waals surface area contributed by atoms with Gasteiger partial charge < -0.3 is 0 Å². The summed E-state index contributed by atoms with van der Waals surface area (Å²) < 4.78 is 0. The Labute approximate surface area is 115 Å². The zero-order valence-corrected chi connectivity index (χ0v) is 11.3. The number of pyridine rings is 1. The van der Waals surface area contributed by atoms with E-state index >= 15 is 0 Å². The van der Waals surface area contributed by atoms with Crippen molar-refractivity contribution in [3.8, 4) is 11.1 Å². The van der Waals surface area contributed by atoms with E-state index in [1.165, 1.54) is 49.0 Å². The lowest BCUT2D eigenvalue weighted by atomic mass is 10.0. The highest BCUT2D eigenvalue weighted by Gasteiger charge is 2.10. The summed E-state index contributed by atoms with van der Waals surface area (Å²) >= 11 is 0. The van der Waals surface area contributed by atoms with Gasteiger partial charge in [0.1, 0.15) is 0 Å². The van der Waals surface area contributed by atoms with Crippen molar-refractivity contribution in [2.45, 2.75) is 25.8 Å². The van der Waals surface area contributed by atoms with Gasteiger partial charge in [-0.05, 0) is 54.8 Å². The molecule has 0 unspecified atom stereocenters. The Bertz CT molecular complexity index is 499. The molecule has 1 aliphatic heterocycles. The topological polar surface area (TPSA) is 16.1 Å². The van der Waals surface area contributed by atoms with E-state index in [0.29, 0.717) is 0 Å². The minimum absolute atomic E-state index is 1.09. The van der Waals surface area contributed by atoms with Gasteiger partial charge in [0, 0.05) is 18.9 Å². The van der Waals surface area contributed by atoms with E-state index in [4.69, 9.17) is 0 Å². The maximum Gasteiger partial charge on any atom is 0.0273 e. The highest BCUT2D eigenvalue weighted by Crippen LogP contribution is 2.20. The van der Waals surface area contributed by atoms with Crippen molar-refractivity contribution >= 4 is 0 Å². The van der Waals surface area contributed by atoms with Gasteiger partial charge >= 0.3 is 0 Å². The van der Waals surface area contributed by atoms with Crippen LogP contribution in [0.15, 0.2) is 48.8 Å². The summed E-state index contributed by atoms with van der Waals surface area (Å²) in [7, 11) is 0. The van der Waals surface area contributed by atoms with Gasteiger partial charge in [0.2, 0.25) is 0 Å². The molecule has 0 bridgehead atoms. The second-order valence-corrected chi connectivity index (χ2v) is 5.27. The van der Waals surface area contributed by atoms with Crippen LogP contribution in [0.25, 0.3) is 11.1 Å². The van der Waals surface area contributed by atoms with Crippen molar-refractivity contribution < 1.29 is 0 Å². The largest absolute Gasteiger partial charge is 0.299 e. The number of hydrogen-bond acceptors (Lipinski definition) is 2. The number of hydrogen-bond donors (Lipinski definition) is 0. The number of nitrogens with zero attached hydrogens (tertiary/aromatic N) is 2. The number of aromatic nitrogens is 1. The standard InChI is InChI=1S/C17H20N2/c1-2-12-19(13-3-1)14-15-4-6-16(7-5-15)17-8-10-18-11-9-17/h4-11H,1-3,12-14H2. The molecule has 0 N–H and O–H groups in total. The van der Waals surface area contributed by atoms with Crippen LogP contribution in [-0.2, 0) is 6.54 Å². The lowest BCUT2D eigenvalue weighted by molar-refractivity contribution is 0.221. The van der Waals surface area contributed by atoms with Crippen molar-refractivity contribution in [3.63, 3.8) is 0 Å². The molecule has 2 nitrogen and oxygen atoms in total. The minimum Gasteiger partial charge on any atom is -0.299 e. The molecule has 0 spiro atoms. The van der Waals surface area contributed by atoms with Gasteiger partial charge in [-0.25, -0.2) is 0 Å². The highest BCUT2D eigenvalue weighted by molar-refractivity contribution is 5.62. The lowest BCUT2D eigenvalue weighted by Gasteiger charge is -2.26. The molecule has 0 aliphatic carbocycles. The van der Waals surface area contributed by atoms with E-state index in [-0.39, 0.29) is 0 Å². The molecular formula is C17H20N2. The summed E-state index contributed by atoms with van der Waals surface area (Å²) in [5, 5.41) is 0. The fourth-order valence-corrected chi connectivity index (χ4v) is 2.72. The maximum absolute atomic E-state index is 4.06. The Hall–Kier alpha value is -1.67. The van der Waals surface area contributed by atoms with Crippen LogP contribution in [0, 0.1) is 0 Å². The summed E-state index contributed by atoms with van der Waals surface area (Å²) in [6.45, 7) is 3.61. The highest BCUT2D eigenvalue weighted by atomic mass is 15.1. The molecule has 0 saturated carbocycles. The first-order valence-corrected chi connectivity index (χ1v) is 7.13. The van der Waals surface area contributed by atoms with Crippen LogP contribution in [0.2, 0.25) is 0 Å². The monoisotopic (exact) mass is 252 g/mol. The molecule has 2 heteroatoms. The van der Waals surface area contributed by atoms with E-state index in [1.807, 2.05) is 12.4 Å². The van der Waals surface area contributed by atoms with Crippen molar-refractivity contribution in [1.29, 1.82) is 0 Å². The molecular weight excluding hydrogens is 232 g/mol. The molecule has 2 aromatic rings. The number of rotatable bonds is 3. The van der Waals surface area contributed by atoms with Crippen LogP contribution in [0.1, 0.15) is 24.8 Å². The van der Waals surface area contributed by atoms with E-state index in [1.54, 1.807) is 0 Å². The normalized spacial score (nSPS) is 16.4. The quantitative estimate of drug-likeness (QED) is 0.827. The molecule has 1 fully saturated rings. The fraction of sp³-hybridized carbons (Fsp3) is 0.353. The summed E-state index contributed by atoms with van der Waals surface area (Å²) in [4.78, 5) is 6.62. The molecule has 3 rings (SSSR count). The lowest BCUT2D eigenvalue weighted by Crippen LogP contribution is -2.28. The van der Waals surface area contributed by atoms with Gasteiger partial charge in [-0.2, -0.15) is 0 Å². The van der Waals surface area contributed by atoms with Gasteiger partial charge in [0.05, 0.1) is 0 Å². The Morgan fingerprint density at radius 1 is 0.789 bits per heavy atom. The summed E-state index contributed by atoms with van der Waals surface area (Å²) in [6.07, 6.45) is 7.80. The first kappa shape index (κ1) is 12.4. The maximum atomic E-state index is 4.06. The SMILES string of the molecule is c1cc(-c2ccc(CN3CCCCC3)cc2)ccn1. The molecule has 0 atom stereocenters. The van der Waals surface area contributed by atoms with Crippen molar-refractivity contribution in [3.05, 3.63) is 54.4 Å². The second-order valence-electron chi connectivity index (χ2n) is 5.27. The molecule has 98 valence electrons. The third kappa shape index (κ3) is 3.21. The van der Waals surface area contributed by atoms with Gasteiger partial charge in [-0.15, -0.1) is 0 Å². The van der Waals surface area contributed by atoms with Gasteiger partial charge in [0.15, 0.2) is 0 Å². The third-order valence-corrected chi connectivity index (χ3v) is 3.82. The average molecular weight is 252 g/mol. The van der Waals surface area contributed by atoms with Crippen LogP contribution < -0.4 is 0 Å².